The van der Waals surface area contributed by atoms with Crippen LogP contribution in [0.2, 0.25) is 5.02 Å². The highest BCUT2D eigenvalue weighted by molar-refractivity contribution is 6.30. The number of carbonyl (C=O) groups excluding carboxylic acids is 1. The van der Waals surface area contributed by atoms with Crippen molar-refractivity contribution in [3.63, 3.8) is 0 Å². The highest BCUT2D eigenvalue weighted by atomic mass is 35.5. The first-order valence-electron chi connectivity index (χ1n) is 7.12. The van der Waals surface area contributed by atoms with E-state index in [1.54, 1.807) is 16.9 Å². The average molecular weight is 323 g/mol. The van der Waals surface area contributed by atoms with Crippen molar-refractivity contribution in [2.45, 2.75) is 25.9 Å². The van der Waals surface area contributed by atoms with Gasteiger partial charge in [0.15, 0.2) is 0 Å². The smallest absolute Gasteiger partial charge is 0.226 e. The minimum absolute atomic E-state index is 0.204. The van der Waals surface area contributed by atoms with Crippen LogP contribution in [0.3, 0.4) is 0 Å². The van der Waals surface area contributed by atoms with Gasteiger partial charge in [-0.25, -0.2) is 4.39 Å². The van der Waals surface area contributed by atoms with Gasteiger partial charge in [0.05, 0.1) is 16.9 Å². The molecule has 1 aromatic heterocycles. The molecule has 3 rings (SSSR count). The number of benzene rings is 1. The predicted molar refractivity (Wildman–Crippen MR) is 82.3 cm³/mol. The van der Waals surface area contributed by atoms with Crippen molar-refractivity contribution in [2.75, 3.05) is 11.9 Å². The number of hydrogen-bond acceptors (Lipinski definition) is 3. The Morgan fingerprint density at radius 3 is 3.14 bits per heavy atom. The number of halogens is 2. The maximum Gasteiger partial charge on any atom is 0.226 e. The quantitative estimate of drug-likeness (QED) is 0.908. The lowest BCUT2D eigenvalue weighted by Crippen LogP contribution is -2.25. The van der Waals surface area contributed by atoms with Crippen molar-refractivity contribution in [1.29, 1.82) is 0 Å². The molecule has 22 heavy (non-hydrogen) atoms. The topological polar surface area (TPSA) is 59.0 Å². The zero-order valence-electron chi connectivity index (χ0n) is 11.9. The normalized spacial score (nSPS) is 13.7. The maximum absolute atomic E-state index is 14.4. The Morgan fingerprint density at radius 2 is 2.36 bits per heavy atom. The predicted octanol–water partition coefficient (Wildman–Crippen LogP) is 2.35. The number of hydrogen-bond donors (Lipinski definition) is 2. The van der Waals surface area contributed by atoms with Gasteiger partial charge < -0.3 is 10.6 Å². The van der Waals surface area contributed by atoms with Crippen LogP contribution in [0.4, 0.5) is 10.1 Å². The number of aryl methyl sites for hydroxylation is 1. The van der Waals surface area contributed by atoms with E-state index < -0.39 is 0 Å². The van der Waals surface area contributed by atoms with Crippen LogP contribution in [0.25, 0.3) is 0 Å². The molecule has 0 fully saturated rings. The lowest BCUT2D eigenvalue weighted by Gasteiger charge is -2.19. The van der Waals surface area contributed by atoms with Crippen molar-refractivity contribution in [3.8, 4) is 0 Å². The van der Waals surface area contributed by atoms with Crippen molar-refractivity contribution >= 4 is 23.2 Å². The van der Waals surface area contributed by atoms with Crippen molar-refractivity contribution < 1.29 is 9.18 Å². The Kier molecular flexibility index (Phi) is 4.40. The summed E-state index contributed by atoms with van der Waals surface area (Å²) in [7, 11) is 0. The number of amides is 1. The second kappa shape index (κ2) is 6.46. The number of carbonyl (C=O) groups is 1. The van der Waals surface area contributed by atoms with E-state index in [1.807, 2.05) is 6.07 Å². The van der Waals surface area contributed by atoms with E-state index in [9.17, 15) is 9.18 Å². The fourth-order valence-corrected chi connectivity index (χ4v) is 2.68. The standard InChI is InChI=1S/C15H16ClFN4O/c16-11-8-19-21(9-11)6-4-14(22)20-13-2-1-10-7-18-5-3-12(10)15(13)17/h1-2,8-9,18H,3-7H2,(H,20,22). The molecule has 116 valence electrons. The van der Waals surface area contributed by atoms with Crippen LogP contribution in [-0.2, 0) is 24.3 Å². The molecule has 0 saturated heterocycles. The molecular formula is C15H16ClFN4O. The minimum Gasteiger partial charge on any atom is -0.324 e. The van der Waals surface area contributed by atoms with Gasteiger partial charge >= 0.3 is 0 Å². The summed E-state index contributed by atoms with van der Waals surface area (Å²) in [5.74, 6) is -0.575. The Balaban J connectivity index is 1.64. The third-order valence-electron chi connectivity index (χ3n) is 3.65. The van der Waals surface area contributed by atoms with E-state index in [0.717, 1.165) is 12.1 Å². The minimum atomic E-state index is -0.325. The van der Waals surface area contributed by atoms with Crippen molar-refractivity contribution in [1.82, 2.24) is 15.1 Å². The first kappa shape index (κ1) is 15.0. The molecule has 0 radical (unpaired) electrons. The number of anilines is 1. The summed E-state index contributed by atoms with van der Waals surface area (Å²) in [6, 6.07) is 3.47. The summed E-state index contributed by atoms with van der Waals surface area (Å²) in [4.78, 5) is 11.9. The zero-order chi connectivity index (χ0) is 15.5. The number of nitrogens with one attached hydrogen (secondary N) is 2. The van der Waals surface area contributed by atoms with Crippen LogP contribution in [0.15, 0.2) is 24.5 Å². The molecule has 1 aromatic carbocycles. The molecule has 0 spiro atoms. The van der Waals surface area contributed by atoms with Gasteiger partial charge in [-0.1, -0.05) is 17.7 Å². The molecule has 0 saturated carbocycles. The van der Waals surface area contributed by atoms with Crippen molar-refractivity contribution in [3.05, 3.63) is 46.5 Å². The molecule has 0 bridgehead atoms. The molecule has 0 unspecified atom stereocenters. The first-order chi connectivity index (χ1) is 10.6. The van der Waals surface area contributed by atoms with Crippen LogP contribution in [0.1, 0.15) is 17.5 Å². The molecule has 2 heterocycles. The van der Waals surface area contributed by atoms with Gasteiger partial charge in [-0.3, -0.25) is 9.48 Å². The second-order valence-corrected chi connectivity index (χ2v) is 5.65. The lowest BCUT2D eigenvalue weighted by molar-refractivity contribution is -0.116. The molecule has 1 aliphatic heterocycles. The molecule has 7 heteroatoms. The zero-order valence-corrected chi connectivity index (χ0v) is 12.7. The van der Waals surface area contributed by atoms with Gasteiger partial charge in [-0.2, -0.15) is 5.10 Å². The van der Waals surface area contributed by atoms with E-state index >= 15 is 0 Å². The fourth-order valence-electron chi connectivity index (χ4n) is 2.52. The van der Waals surface area contributed by atoms with E-state index in [2.05, 4.69) is 15.7 Å². The van der Waals surface area contributed by atoms with Gasteiger partial charge in [0.25, 0.3) is 0 Å². The highest BCUT2D eigenvalue weighted by Crippen LogP contribution is 2.24. The summed E-state index contributed by atoms with van der Waals surface area (Å²) < 4.78 is 16.0. The Labute approximate surface area is 132 Å². The average Bonchev–Trinajstić information content (AvgIpc) is 2.94. The van der Waals surface area contributed by atoms with Crippen LogP contribution >= 0.6 is 11.6 Å². The van der Waals surface area contributed by atoms with E-state index in [4.69, 9.17) is 11.6 Å². The van der Waals surface area contributed by atoms with E-state index in [-0.39, 0.29) is 23.8 Å². The molecule has 1 amide bonds. The summed E-state index contributed by atoms with van der Waals surface area (Å²) in [6.45, 7) is 1.82. The summed E-state index contributed by atoms with van der Waals surface area (Å²) in [5.41, 5.74) is 1.88. The molecule has 1 aliphatic rings. The lowest BCUT2D eigenvalue weighted by atomic mass is 9.99. The molecule has 2 aromatic rings. The Bertz CT molecular complexity index is 701. The summed E-state index contributed by atoms with van der Waals surface area (Å²) in [5, 5.41) is 10.3. The molecule has 5 nitrogen and oxygen atoms in total. The van der Waals surface area contributed by atoms with Crippen LogP contribution in [0, 0.1) is 5.82 Å². The van der Waals surface area contributed by atoms with Gasteiger partial charge in [-0.15, -0.1) is 0 Å². The van der Waals surface area contributed by atoms with E-state index in [1.165, 1.54) is 6.20 Å². The first-order valence-corrected chi connectivity index (χ1v) is 7.50. The number of fused-ring (bicyclic) bond motifs is 1. The van der Waals surface area contributed by atoms with Gasteiger partial charge in [-0.05, 0) is 30.2 Å². The van der Waals surface area contributed by atoms with Crippen LogP contribution < -0.4 is 10.6 Å². The Morgan fingerprint density at radius 1 is 1.50 bits per heavy atom. The highest BCUT2D eigenvalue weighted by Gasteiger charge is 2.17. The van der Waals surface area contributed by atoms with Crippen molar-refractivity contribution in [2.24, 2.45) is 0 Å². The van der Waals surface area contributed by atoms with E-state index in [0.29, 0.717) is 30.1 Å². The van der Waals surface area contributed by atoms with Gasteiger partial charge in [0.1, 0.15) is 5.82 Å². The third kappa shape index (κ3) is 3.28. The molecular weight excluding hydrogens is 307 g/mol. The third-order valence-corrected chi connectivity index (χ3v) is 3.85. The number of aromatic nitrogens is 2. The number of nitrogens with zero attached hydrogens (tertiary/aromatic N) is 2. The fraction of sp³-hybridized carbons (Fsp3) is 0.333. The van der Waals surface area contributed by atoms with Gasteiger partial charge in [0.2, 0.25) is 5.91 Å². The van der Waals surface area contributed by atoms with Gasteiger partial charge in [0, 0.05) is 25.7 Å². The van der Waals surface area contributed by atoms with Crippen LogP contribution in [-0.4, -0.2) is 22.2 Å². The molecule has 2 N–H and O–H groups in total. The SMILES string of the molecule is O=C(CCn1cc(Cl)cn1)Nc1ccc2c(c1F)CCNC2. The largest absolute Gasteiger partial charge is 0.324 e. The Hall–Kier alpha value is -1.92. The number of rotatable bonds is 4. The monoisotopic (exact) mass is 322 g/mol. The second-order valence-electron chi connectivity index (χ2n) is 5.21. The molecule has 0 aliphatic carbocycles. The maximum atomic E-state index is 14.4. The molecule has 0 atom stereocenters. The summed E-state index contributed by atoms with van der Waals surface area (Å²) >= 11 is 5.76. The van der Waals surface area contributed by atoms with Crippen LogP contribution in [0.5, 0.6) is 0 Å². The summed E-state index contributed by atoms with van der Waals surface area (Å²) in [6.07, 6.45) is 3.99.